The molecule has 120 valence electrons. The van der Waals surface area contributed by atoms with Gasteiger partial charge in [-0.3, -0.25) is 4.79 Å². The minimum absolute atomic E-state index is 0.539. The topological polar surface area (TPSA) is 46.5 Å². The van der Waals surface area contributed by atoms with Crippen molar-refractivity contribution < 1.29 is 14.6 Å². The number of aliphatic carboxylic acids is 1. The number of rotatable bonds is 3. The van der Waals surface area contributed by atoms with Crippen molar-refractivity contribution in [1.82, 2.24) is 0 Å². The maximum Gasteiger partial charge on any atom is 0.300 e. The van der Waals surface area contributed by atoms with Crippen LogP contribution in [0.5, 0.6) is 5.75 Å². The summed E-state index contributed by atoms with van der Waals surface area (Å²) in [5.74, 6) is 0.619. The Hall–Kier alpha value is -2.55. The van der Waals surface area contributed by atoms with Gasteiger partial charge in [-0.05, 0) is 40.8 Å². The average molecular weight is 310 g/mol. The molecule has 2 aromatic carbocycles. The Morgan fingerprint density at radius 2 is 1.87 bits per heavy atom. The zero-order valence-corrected chi connectivity index (χ0v) is 13.7. The summed E-state index contributed by atoms with van der Waals surface area (Å²) in [5, 5.41) is 7.42. The third-order valence-corrected chi connectivity index (χ3v) is 3.84. The van der Waals surface area contributed by atoms with Crippen LogP contribution in [-0.4, -0.2) is 18.2 Å². The number of carboxylic acid groups (broad SMARTS) is 1. The Morgan fingerprint density at radius 1 is 1.17 bits per heavy atom. The molecule has 0 bridgehead atoms. The van der Waals surface area contributed by atoms with Crippen molar-refractivity contribution in [2.45, 2.75) is 26.2 Å². The minimum Gasteiger partial charge on any atom is -0.497 e. The first-order valence-electron chi connectivity index (χ1n) is 7.71. The van der Waals surface area contributed by atoms with E-state index in [1.165, 1.54) is 22.3 Å². The first kappa shape index (κ1) is 16.8. The van der Waals surface area contributed by atoms with Crippen LogP contribution >= 0.6 is 0 Å². The van der Waals surface area contributed by atoms with Gasteiger partial charge in [-0.1, -0.05) is 49.4 Å². The van der Waals surface area contributed by atoms with Gasteiger partial charge in [0.05, 0.1) is 7.11 Å². The molecule has 1 aliphatic rings. The van der Waals surface area contributed by atoms with Gasteiger partial charge in [-0.15, -0.1) is 0 Å². The van der Waals surface area contributed by atoms with Crippen LogP contribution in [0.2, 0.25) is 0 Å². The van der Waals surface area contributed by atoms with Crippen molar-refractivity contribution in [3.63, 3.8) is 0 Å². The number of hydrogen-bond acceptors (Lipinski definition) is 2. The molecule has 1 unspecified atom stereocenters. The lowest BCUT2D eigenvalue weighted by Gasteiger charge is -2.08. The van der Waals surface area contributed by atoms with Crippen LogP contribution in [0.15, 0.2) is 54.6 Å². The van der Waals surface area contributed by atoms with Crippen LogP contribution in [0.3, 0.4) is 0 Å². The highest BCUT2D eigenvalue weighted by Gasteiger charge is 2.22. The molecule has 3 nitrogen and oxygen atoms in total. The quantitative estimate of drug-likeness (QED) is 0.892. The zero-order chi connectivity index (χ0) is 16.8. The van der Waals surface area contributed by atoms with Gasteiger partial charge in [0.1, 0.15) is 5.75 Å². The summed E-state index contributed by atoms with van der Waals surface area (Å²) in [4.78, 5) is 9.00. The summed E-state index contributed by atoms with van der Waals surface area (Å²) in [7, 11) is 1.71. The fourth-order valence-corrected chi connectivity index (χ4v) is 2.83. The summed E-state index contributed by atoms with van der Waals surface area (Å²) in [6, 6.07) is 17.0. The Bertz CT molecular complexity index is 712. The highest BCUT2D eigenvalue weighted by molar-refractivity contribution is 5.86. The van der Waals surface area contributed by atoms with E-state index in [0.717, 1.165) is 19.1 Å². The lowest BCUT2D eigenvalue weighted by molar-refractivity contribution is -0.134. The molecule has 1 atom stereocenters. The second kappa shape index (κ2) is 7.63. The van der Waals surface area contributed by atoms with E-state index in [-0.39, 0.29) is 0 Å². The maximum atomic E-state index is 9.00. The molecule has 0 amide bonds. The third-order valence-electron chi connectivity index (χ3n) is 3.84. The molecule has 1 aliphatic carbocycles. The van der Waals surface area contributed by atoms with Crippen molar-refractivity contribution >= 4 is 11.5 Å². The number of methoxy groups -OCH3 is 1. The molecule has 0 radical (unpaired) electrons. The van der Waals surface area contributed by atoms with E-state index in [9.17, 15) is 0 Å². The number of hydrogen-bond donors (Lipinski definition) is 1. The van der Waals surface area contributed by atoms with E-state index in [0.29, 0.717) is 5.92 Å². The smallest absolute Gasteiger partial charge is 0.300 e. The van der Waals surface area contributed by atoms with Gasteiger partial charge in [0.25, 0.3) is 5.97 Å². The molecule has 3 heteroatoms. The Morgan fingerprint density at radius 3 is 2.52 bits per heavy atom. The molecule has 0 saturated heterocycles. The summed E-state index contributed by atoms with van der Waals surface area (Å²) >= 11 is 0. The second-order valence-corrected chi connectivity index (χ2v) is 5.43. The van der Waals surface area contributed by atoms with Crippen LogP contribution in [-0.2, 0) is 4.79 Å². The fraction of sp³-hybridized carbons (Fsp3) is 0.250. The van der Waals surface area contributed by atoms with Crippen LogP contribution in [0, 0.1) is 0 Å². The van der Waals surface area contributed by atoms with E-state index in [1.807, 2.05) is 6.07 Å². The molecule has 23 heavy (non-hydrogen) atoms. The number of allylic oxidation sites excluding steroid dienone is 1. The second-order valence-electron chi connectivity index (χ2n) is 5.43. The van der Waals surface area contributed by atoms with Crippen LogP contribution in [0.4, 0.5) is 0 Å². The normalized spacial score (nSPS) is 15.1. The predicted octanol–water partition coefficient (Wildman–Crippen LogP) is 4.73. The summed E-state index contributed by atoms with van der Waals surface area (Å²) in [6.07, 6.45) is 3.53. The minimum atomic E-state index is -0.833. The van der Waals surface area contributed by atoms with Crippen molar-refractivity contribution in [2.75, 3.05) is 7.11 Å². The molecular weight excluding hydrogens is 288 g/mol. The first-order valence-corrected chi connectivity index (χ1v) is 7.71. The zero-order valence-electron chi connectivity index (χ0n) is 13.7. The van der Waals surface area contributed by atoms with Gasteiger partial charge in [-0.2, -0.15) is 0 Å². The van der Waals surface area contributed by atoms with Crippen molar-refractivity contribution in [2.24, 2.45) is 0 Å². The number of ether oxygens (including phenoxy) is 1. The third kappa shape index (κ3) is 4.01. The molecule has 3 rings (SSSR count). The van der Waals surface area contributed by atoms with Crippen LogP contribution in [0.1, 0.15) is 42.9 Å². The standard InChI is InChI=1S/C18H18O.C2H4O2/c1-3-13-12-18(17-10-5-4-9-16(13)17)14-7-6-8-15(11-14)19-2;1-2(3)4/h4-13H,3H2,1-2H3;1H3,(H,3,4). The molecule has 0 fully saturated rings. The van der Waals surface area contributed by atoms with Crippen molar-refractivity contribution in [1.29, 1.82) is 0 Å². The predicted molar refractivity (Wildman–Crippen MR) is 92.9 cm³/mol. The van der Waals surface area contributed by atoms with Gasteiger partial charge < -0.3 is 9.84 Å². The van der Waals surface area contributed by atoms with Gasteiger partial charge in [0.15, 0.2) is 0 Å². The monoisotopic (exact) mass is 310 g/mol. The van der Waals surface area contributed by atoms with E-state index in [1.54, 1.807) is 7.11 Å². The molecular formula is C20H22O3. The van der Waals surface area contributed by atoms with Crippen LogP contribution in [0.25, 0.3) is 5.57 Å². The molecule has 1 N–H and O–H groups in total. The molecule has 0 aromatic heterocycles. The number of benzene rings is 2. The summed E-state index contributed by atoms with van der Waals surface area (Å²) < 4.78 is 5.33. The maximum absolute atomic E-state index is 9.00. The SMILES string of the molecule is CC(=O)O.CCC1C=C(c2cccc(OC)c2)c2ccccc21. The Balaban J connectivity index is 0.000000433. The summed E-state index contributed by atoms with van der Waals surface area (Å²) in [6.45, 7) is 3.33. The van der Waals surface area contributed by atoms with Crippen molar-refractivity contribution in [3.05, 3.63) is 71.3 Å². The largest absolute Gasteiger partial charge is 0.497 e. The van der Waals surface area contributed by atoms with Crippen LogP contribution < -0.4 is 4.74 Å². The van der Waals surface area contributed by atoms with Gasteiger partial charge in [0.2, 0.25) is 0 Å². The van der Waals surface area contributed by atoms with E-state index >= 15 is 0 Å². The Kier molecular flexibility index (Phi) is 5.58. The first-order chi connectivity index (χ1) is 11.1. The lowest BCUT2D eigenvalue weighted by Crippen LogP contribution is -1.90. The molecule has 0 aliphatic heterocycles. The fourth-order valence-electron chi connectivity index (χ4n) is 2.83. The number of fused-ring (bicyclic) bond motifs is 1. The van der Waals surface area contributed by atoms with E-state index in [4.69, 9.17) is 14.6 Å². The van der Waals surface area contributed by atoms with Crippen molar-refractivity contribution in [3.8, 4) is 5.75 Å². The Labute approximate surface area is 137 Å². The molecule has 0 saturated carbocycles. The van der Waals surface area contributed by atoms with E-state index < -0.39 is 5.97 Å². The molecule has 2 aromatic rings. The van der Waals surface area contributed by atoms with Gasteiger partial charge in [-0.25, -0.2) is 0 Å². The van der Waals surface area contributed by atoms with Gasteiger partial charge in [0, 0.05) is 12.8 Å². The highest BCUT2D eigenvalue weighted by Crippen LogP contribution is 2.41. The molecule has 0 heterocycles. The number of carbonyl (C=O) groups is 1. The lowest BCUT2D eigenvalue weighted by atomic mass is 9.97. The summed E-state index contributed by atoms with van der Waals surface area (Å²) in [5.41, 5.74) is 5.38. The molecule has 0 spiro atoms. The van der Waals surface area contributed by atoms with E-state index in [2.05, 4.69) is 55.5 Å². The highest BCUT2D eigenvalue weighted by atomic mass is 16.5. The average Bonchev–Trinajstić information content (AvgIpc) is 2.93. The van der Waals surface area contributed by atoms with Gasteiger partial charge >= 0.3 is 0 Å². The number of carboxylic acids is 1.